The van der Waals surface area contributed by atoms with Gasteiger partial charge in [-0.1, -0.05) is 13.3 Å². The lowest BCUT2D eigenvalue weighted by atomic mass is 9.98. The molecule has 0 saturated carbocycles. The van der Waals surface area contributed by atoms with E-state index < -0.39 is 5.60 Å². The molecule has 0 radical (unpaired) electrons. The minimum Gasteiger partial charge on any atom is -0.496 e. The van der Waals surface area contributed by atoms with Crippen LogP contribution in [0.4, 0.5) is 0 Å². The van der Waals surface area contributed by atoms with Crippen molar-refractivity contribution in [1.82, 2.24) is 9.88 Å². The van der Waals surface area contributed by atoms with Crippen LogP contribution in [0, 0.1) is 0 Å². The van der Waals surface area contributed by atoms with Gasteiger partial charge in [0.2, 0.25) is 5.88 Å². The maximum Gasteiger partial charge on any atom is 0.223 e. The summed E-state index contributed by atoms with van der Waals surface area (Å²) in [4.78, 5) is 6.81. The first-order chi connectivity index (χ1) is 11.0. The van der Waals surface area contributed by atoms with Crippen LogP contribution >= 0.6 is 0 Å². The number of rotatable bonds is 7. The maximum absolute atomic E-state index is 10.5. The molecule has 0 bridgehead atoms. The first-order valence-electron chi connectivity index (χ1n) is 8.60. The summed E-state index contributed by atoms with van der Waals surface area (Å²) >= 11 is 0. The summed E-state index contributed by atoms with van der Waals surface area (Å²) in [6.07, 6.45) is 6.37. The number of likely N-dealkylation sites (tertiary alicyclic amines) is 1. The van der Waals surface area contributed by atoms with Gasteiger partial charge in [0, 0.05) is 12.7 Å². The number of aliphatic hydroxyl groups is 1. The largest absolute Gasteiger partial charge is 0.496 e. The van der Waals surface area contributed by atoms with Crippen molar-refractivity contribution >= 4 is 0 Å². The highest BCUT2D eigenvalue weighted by molar-refractivity contribution is 5.43. The van der Waals surface area contributed by atoms with Crippen LogP contribution < -0.4 is 9.47 Å². The van der Waals surface area contributed by atoms with Gasteiger partial charge in [0.25, 0.3) is 0 Å². The molecule has 2 rings (SSSR count). The minimum absolute atomic E-state index is 0.112. The number of pyridine rings is 1. The van der Waals surface area contributed by atoms with E-state index >= 15 is 0 Å². The Morgan fingerprint density at radius 2 is 2.22 bits per heavy atom. The van der Waals surface area contributed by atoms with Gasteiger partial charge in [0.1, 0.15) is 11.9 Å². The molecule has 0 amide bonds. The Balaban J connectivity index is 2.13. The Bertz CT molecular complexity index is 500. The Hall–Kier alpha value is -1.33. The van der Waals surface area contributed by atoms with Crippen LogP contribution in [0.1, 0.15) is 52.0 Å². The molecule has 5 heteroatoms. The first-order valence-corrected chi connectivity index (χ1v) is 8.60. The third-order valence-corrected chi connectivity index (χ3v) is 4.28. The minimum atomic E-state index is -1.06. The quantitative estimate of drug-likeness (QED) is 0.836. The van der Waals surface area contributed by atoms with Gasteiger partial charge in [0.15, 0.2) is 0 Å². The number of hydrogen-bond acceptors (Lipinski definition) is 5. The summed E-state index contributed by atoms with van der Waals surface area (Å²) < 4.78 is 11.6. The first kappa shape index (κ1) is 18.0. The molecule has 2 heterocycles. The molecule has 1 unspecified atom stereocenters. The van der Waals surface area contributed by atoms with Gasteiger partial charge in [-0.3, -0.25) is 4.90 Å². The molecule has 0 aromatic carbocycles. The molecule has 23 heavy (non-hydrogen) atoms. The molecule has 1 atom stereocenters. The normalized spacial score (nSPS) is 19.6. The molecule has 5 nitrogen and oxygen atoms in total. The van der Waals surface area contributed by atoms with Crippen LogP contribution in [0.15, 0.2) is 12.3 Å². The second-order valence-corrected chi connectivity index (χ2v) is 6.79. The number of unbranched alkanes of at least 4 members (excludes halogenated alkanes) is 1. The predicted molar refractivity (Wildman–Crippen MR) is 91.0 cm³/mol. The lowest BCUT2D eigenvalue weighted by molar-refractivity contribution is 0.0554. The van der Waals surface area contributed by atoms with E-state index in [4.69, 9.17) is 9.47 Å². The van der Waals surface area contributed by atoms with Gasteiger partial charge >= 0.3 is 0 Å². The molecular formula is C18H30N2O3. The van der Waals surface area contributed by atoms with Gasteiger partial charge in [-0.15, -0.1) is 0 Å². The molecule has 1 N–H and O–H groups in total. The van der Waals surface area contributed by atoms with E-state index in [2.05, 4.69) is 16.8 Å². The highest BCUT2D eigenvalue weighted by atomic mass is 16.5. The Kier molecular flexibility index (Phi) is 6.25. The fourth-order valence-electron chi connectivity index (χ4n) is 3.10. The molecule has 1 aromatic heterocycles. The van der Waals surface area contributed by atoms with Crippen LogP contribution in [0.2, 0.25) is 0 Å². The predicted octanol–water partition coefficient (Wildman–Crippen LogP) is 2.96. The van der Waals surface area contributed by atoms with Crippen LogP contribution in [0.5, 0.6) is 11.6 Å². The van der Waals surface area contributed by atoms with Gasteiger partial charge in [-0.25, -0.2) is 4.98 Å². The van der Waals surface area contributed by atoms with Crippen molar-refractivity contribution in [3.05, 3.63) is 17.8 Å². The standard InChI is InChI=1S/C18H30N2O3/c1-5-6-11-20-12-7-8-14(13-20)23-17-16(18(2,3)21)15(22-4)9-10-19-17/h9-10,14,21H,5-8,11-13H2,1-4H3. The van der Waals surface area contributed by atoms with Crippen molar-refractivity contribution in [3.8, 4) is 11.6 Å². The zero-order valence-electron chi connectivity index (χ0n) is 14.8. The van der Waals surface area contributed by atoms with E-state index in [-0.39, 0.29) is 6.10 Å². The van der Waals surface area contributed by atoms with Crippen LogP contribution in [-0.2, 0) is 5.60 Å². The molecule has 1 fully saturated rings. The summed E-state index contributed by atoms with van der Waals surface area (Å²) in [5, 5.41) is 10.5. The summed E-state index contributed by atoms with van der Waals surface area (Å²) in [7, 11) is 1.60. The average molecular weight is 322 g/mol. The van der Waals surface area contributed by atoms with Gasteiger partial charge in [0.05, 0.1) is 18.3 Å². The smallest absolute Gasteiger partial charge is 0.223 e. The SMILES string of the molecule is CCCCN1CCCC(Oc2nccc(OC)c2C(C)(C)O)C1. The monoisotopic (exact) mass is 322 g/mol. The number of piperidine rings is 1. The van der Waals surface area contributed by atoms with Crippen molar-refractivity contribution in [1.29, 1.82) is 0 Å². The zero-order valence-corrected chi connectivity index (χ0v) is 14.8. The molecular weight excluding hydrogens is 292 g/mol. The molecule has 0 aliphatic carbocycles. The molecule has 1 aromatic rings. The maximum atomic E-state index is 10.5. The van der Waals surface area contributed by atoms with Crippen molar-refractivity contribution in [3.63, 3.8) is 0 Å². The van der Waals surface area contributed by atoms with E-state index in [1.807, 2.05) is 0 Å². The zero-order chi connectivity index (χ0) is 16.9. The van der Waals surface area contributed by atoms with Gasteiger partial charge in [-0.2, -0.15) is 0 Å². The molecule has 1 saturated heterocycles. The van der Waals surface area contributed by atoms with Gasteiger partial charge in [-0.05, 0) is 52.3 Å². The molecule has 1 aliphatic rings. The van der Waals surface area contributed by atoms with Crippen LogP contribution in [0.25, 0.3) is 0 Å². The van der Waals surface area contributed by atoms with Crippen molar-refractivity contribution in [2.24, 2.45) is 0 Å². The number of ether oxygens (including phenoxy) is 2. The number of aromatic nitrogens is 1. The molecule has 0 spiro atoms. The highest BCUT2D eigenvalue weighted by Crippen LogP contribution is 2.36. The number of methoxy groups -OCH3 is 1. The highest BCUT2D eigenvalue weighted by Gasteiger charge is 2.29. The molecule has 130 valence electrons. The molecule has 1 aliphatic heterocycles. The third kappa shape index (κ3) is 4.82. The van der Waals surface area contributed by atoms with Crippen LogP contribution in [-0.4, -0.2) is 47.8 Å². The lowest BCUT2D eigenvalue weighted by Gasteiger charge is -2.33. The Labute approximate surface area is 139 Å². The van der Waals surface area contributed by atoms with E-state index in [1.54, 1.807) is 33.2 Å². The van der Waals surface area contributed by atoms with Crippen molar-refractivity contribution in [2.45, 2.75) is 58.2 Å². The second kappa shape index (κ2) is 7.97. The third-order valence-electron chi connectivity index (χ3n) is 4.28. The van der Waals surface area contributed by atoms with E-state index in [1.165, 1.54) is 12.8 Å². The summed E-state index contributed by atoms with van der Waals surface area (Å²) in [6, 6.07) is 1.76. The Morgan fingerprint density at radius 3 is 2.87 bits per heavy atom. The van der Waals surface area contributed by atoms with Crippen LogP contribution in [0.3, 0.4) is 0 Å². The van der Waals surface area contributed by atoms with Crippen molar-refractivity contribution < 1.29 is 14.6 Å². The van der Waals surface area contributed by atoms with Gasteiger partial charge < -0.3 is 14.6 Å². The Morgan fingerprint density at radius 1 is 1.43 bits per heavy atom. The number of nitrogens with zero attached hydrogens (tertiary/aromatic N) is 2. The van der Waals surface area contributed by atoms with Crippen molar-refractivity contribution in [2.75, 3.05) is 26.7 Å². The summed E-state index contributed by atoms with van der Waals surface area (Å²) in [6.45, 7) is 8.86. The fourth-order valence-corrected chi connectivity index (χ4v) is 3.10. The van der Waals surface area contributed by atoms with E-state index in [0.29, 0.717) is 17.2 Å². The summed E-state index contributed by atoms with van der Waals surface area (Å²) in [5.41, 5.74) is -0.445. The average Bonchev–Trinajstić information content (AvgIpc) is 2.52. The number of hydrogen-bond donors (Lipinski definition) is 1. The second-order valence-electron chi connectivity index (χ2n) is 6.79. The fraction of sp³-hybridized carbons (Fsp3) is 0.722. The summed E-state index contributed by atoms with van der Waals surface area (Å²) in [5.74, 6) is 1.10. The lowest BCUT2D eigenvalue weighted by Crippen LogP contribution is -2.41. The van der Waals surface area contributed by atoms with E-state index in [9.17, 15) is 5.11 Å². The topological polar surface area (TPSA) is 54.8 Å². The van der Waals surface area contributed by atoms with E-state index in [0.717, 1.165) is 32.5 Å².